The van der Waals surface area contributed by atoms with Crippen molar-refractivity contribution in [1.29, 1.82) is 0 Å². The lowest BCUT2D eigenvalue weighted by molar-refractivity contribution is 0.311. The highest BCUT2D eigenvalue weighted by Crippen LogP contribution is 2.27. The molecule has 0 saturated heterocycles. The van der Waals surface area contributed by atoms with Crippen LogP contribution in [0, 0.1) is 6.92 Å². The number of rotatable bonds is 6. The summed E-state index contributed by atoms with van der Waals surface area (Å²) in [6, 6.07) is 13.6. The van der Waals surface area contributed by atoms with Crippen LogP contribution in [0.4, 0.5) is 5.69 Å². The number of benzene rings is 2. The van der Waals surface area contributed by atoms with Gasteiger partial charge in [-0.1, -0.05) is 17.7 Å². The van der Waals surface area contributed by atoms with E-state index in [2.05, 4.69) is 15.8 Å². The fourth-order valence-corrected chi connectivity index (χ4v) is 2.17. The fourth-order valence-electron chi connectivity index (χ4n) is 2.00. The number of anilines is 1. The van der Waals surface area contributed by atoms with Crippen LogP contribution in [-0.2, 0) is 0 Å². The third-order valence-electron chi connectivity index (χ3n) is 3.18. The number of ether oxygens (including phenoxy) is 2. The van der Waals surface area contributed by atoms with E-state index < -0.39 is 0 Å². The lowest BCUT2D eigenvalue weighted by Crippen LogP contribution is -2.23. The summed E-state index contributed by atoms with van der Waals surface area (Å²) in [5.41, 5.74) is 5.77. The summed E-state index contributed by atoms with van der Waals surface area (Å²) in [4.78, 5) is 0. The van der Waals surface area contributed by atoms with Crippen LogP contribution < -0.4 is 20.2 Å². The van der Waals surface area contributed by atoms with E-state index in [1.807, 2.05) is 56.3 Å². The standard InChI is InChI=1S/C18H21N3O2S/c1-4-23-16-10-7-14(11-17(16)22-3)12-19-21-18(24)20-15-8-5-13(2)6-9-15/h5-12H,4H2,1-3H3,(H2,20,21,24)/b19-12+. The first-order valence-corrected chi connectivity index (χ1v) is 8.00. The Morgan fingerprint density at radius 1 is 1.17 bits per heavy atom. The van der Waals surface area contributed by atoms with Crippen LogP contribution in [0.5, 0.6) is 11.5 Å². The summed E-state index contributed by atoms with van der Waals surface area (Å²) >= 11 is 5.21. The van der Waals surface area contributed by atoms with Crippen LogP contribution in [0.15, 0.2) is 47.6 Å². The minimum Gasteiger partial charge on any atom is -0.493 e. The zero-order valence-corrected chi connectivity index (χ0v) is 14.8. The molecule has 0 atom stereocenters. The van der Waals surface area contributed by atoms with Crippen molar-refractivity contribution in [3.8, 4) is 11.5 Å². The van der Waals surface area contributed by atoms with Gasteiger partial charge in [-0.3, -0.25) is 5.43 Å². The summed E-state index contributed by atoms with van der Waals surface area (Å²) in [6.07, 6.45) is 1.67. The third-order valence-corrected chi connectivity index (χ3v) is 3.37. The Morgan fingerprint density at radius 3 is 2.58 bits per heavy atom. The molecule has 0 aliphatic heterocycles. The molecule has 2 rings (SSSR count). The second kappa shape index (κ2) is 8.88. The minimum absolute atomic E-state index is 0.424. The van der Waals surface area contributed by atoms with Gasteiger partial charge in [0.25, 0.3) is 0 Å². The maximum atomic E-state index is 5.48. The van der Waals surface area contributed by atoms with E-state index in [9.17, 15) is 0 Å². The van der Waals surface area contributed by atoms with Crippen LogP contribution in [0.3, 0.4) is 0 Å². The molecule has 24 heavy (non-hydrogen) atoms. The number of hydrogen-bond acceptors (Lipinski definition) is 4. The Labute approximate surface area is 147 Å². The van der Waals surface area contributed by atoms with Gasteiger partial charge in [0.15, 0.2) is 16.6 Å². The Morgan fingerprint density at radius 2 is 1.92 bits per heavy atom. The molecule has 0 radical (unpaired) electrons. The van der Waals surface area contributed by atoms with E-state index in [1.54, 1.807) is 13.3 Å². The number of nitrogens with zero attached hydrogens (tertiary/aromatic N) is 1. The Balaban J connectivity index is 1.93. The van der Waals surface area contributed by atoms with Gasteiger partial charge in [0.1, 0.15) is 0 Å². The van der Waals surface area contributed by atoms with Gasteiger partial charge in [-0.15, -0.1) is 0 Å². The van der Waals surface area contributed by atoms with Crippen LogP contribution in [0.1, 0.15) is 18.1 Å². The van der Waals surface area contributed by atoms with Gasteiger partial charge in [0.05, 0.1) is 19.9 Å². The van der Waals surface area contributed by atoms with Crippen LogP contribution >= 0.6 is 12.2 Å². The lowest BCUT2D eigenvalue weighted by atomic mass is 10.2. The van der Waals surface area contributed by atoms with Gasteiger partial charge in [-0.25, -0.2) is 0 Å². The van der Waals surface area contributed by atoms with Crippen molar-refractivity contribution in [1.82, 2.24) is 5.43 Å². The molecule has 2 N–H and O–H groups in total. The van der Waals surface area contributed by atoms with Crippen molar-refractivity contribution in [2.45, 2.75) is 13.8 Å². The van der Waals surface area contributed by atoms with Crippen LogP contribution in [0.2, 0.25) is 0 Å². The summed E-state index contributed by atoms with van der Waals surface area (Å²) in [5, 5.41) is 7.62. The van der Waals surface area contributed by atoms with Crippen molar-refractivity contribution < 1.29 is 9.47 Å². The Kier molecular flexibility index (Phi) is 6.57. The number of methoxy groups -OCH3 is 1. The first-order valence-electron chi connectivity index (χ1n) is 7.60. The lowest BCUT2D eigenvalue weighted by Gasteiger charge is -2.09. The largest absolute Gasteiger partial charge is 0.493 e. The van der Waals surface area contributed by atoms with Crippen LogP contribution in [-0.4, -0.2) is 25.0 Å². The summed E-state index contributed by atoms with van der Waals surface area (Å²) < 4.78 is 10.8. The molecule has 0 aliphatic rings. The summed E-state index contributed by atoms with van der Waals surface area (Å²) in [5.74, 6) is 1.38. The molecule has 2 aromatic rings. The molecule has 0 bridgehead atoms. The fraction of sp³-hybridized carbons (Fsp3) is 0.222. The minimum atomic E-state index is 0.424. The summed E-state index contributed by atoms with van der Waals surface area (Å²) in [6.45, 7) is 4.56. The van der Waals surface area contributed by atoms with Gasteiger partial charge >= 0.3 is 0 Å². The molecule has 0 amide bonds. The van der Waals surface area contributed by atoms with Gasteiger partial charge in [0, 0.05) is 5.69 Å². The average Bonchev–Trinajstić information content (AvgIpc) is 2.58. The SMILES string of the molecule is CCOc1ccc(/C=N/NC(=S)Nc2ccc(C)cc2)cc1OC. The third kappa shape index (κ3) is 5.24. The second-order valence-electron chi connectivity index (χ2n) is 5.03. The maximum absolute atomic E-state index is 5.48. The molecular formula is C18H21N3O2S. The van der Waals surface area contributed by atoms with E-state index in [0.29, 0.717) is 23.2 Å². The molecule has 0 fully saturated rings. The van der Waals surface area contributed by atoms with Gasteiger partial charge in [-0.05, 0) is 62.0 Å². The molecule has 0 aliphatic carbocycles. The van der Waals surface area contributed by atoms with Gasteiger partial charge < -0.3 is 14.8 Å². The summed E-state index contributed by atoms with van der Waals surface area (Å²) in [7, 11) is 1.61. The molecule has 0 unspecified atom stereocenters. The Bertz CT molecular complexity index is 715. The number of thiocarbonyl (C=S) groups is 1. The van der Waals surface area contributed by atoms with E-state index in [4.69, 9.17) is 21.7 Å². The highest BCUT2D eigenvalue weighted by Gasteiger charge is 2.04. The molecule has 0 spiro atoms. The first-order chi connectivity index (χ1) is 11.6. The van der Waals surface area contributed by atoms with Crippen molar-refractivity contribution in [3.05, 3.63) is 53.6 Å². The van der Waals surface area contributed by atoms with Crippen molar-refractivity contribution in [2.24, 2.45) is 5.10 Å². The van der Waals surface area contributed by atoms with Gasteiger partial charge in [0.2, 0.25) is 0 Å². The molecule has 0 aromatic heterocycles. The van der Waals surface area contributed by atoms with E-state index >= 15 is 0 Å². The Hall–Kier alpha value is -2.60. The van der Waals surface area contributed by atoms with Gasteiger partial charge in [-0.2, -0.15) is 5.10 Å². The van der Waals surface area contributed by atoms with E-state index in [1.165, 1.54) is 5.56 Å². The number of nitrogens with one attached hydrogen (secondary N) is 2. The predicted molar refractivity (Wildman–Crippen MR) is 102 cm³/mol. The number of aryl methyl sites for hydroxylation is 1. The molecule has 6 heteroatoms. The first kappa shape index (κ1) is 17.7. The molecular weight excluding hydrogens is 322 g/mol. The maximum Gasteiger partial charge on any atom is 0.191 e. The van der Waals surface area contributed by atoms with Crippen molar-refractivity contribution in [2.75, 3.05) is 19.0 Å². The van der Waals surface area contributed by atoms with Crippen molar-refractivity contribution >= 4 is 29.2 Å². The smallest absolute Gasteiger partial charge is 0.191 e. The highest BCUT2D eigenvalue weighted by atomic mass is 32.1. The molecule has 0 saturated carbocycles. The highest BCUT2D eigenvalue weighted by molar-refractivity contribution is 7.80. The predicted octanol–water partition coefficient (Wildman–Crippen LogP) is 3.72. The normalized spacial score (nSPS) is 10.5. The number of hydrogen-bond donors (Lipinski definition) is 2. The van der Waals surface area contributed by atoms with E-state index in [0.717, 1.165) is 11.3 Å². The zero-order valence-electron chi connectivity index (χ0n) is 14.0. The van der Waals surface area contributed by atoms with Crippen LogP contribution in [0.25, 0.3) is 0 Å². The average molecular weight is 343 g/mol. The van der Waals surface area contributed by atoms with E-state index in [-0.39, 0.29) is 0 Å². The molecule has 126 valence electrons. The molecule has 0 heterocycles. The second-order valence-corrected chi connectivity index (χ2v) is 5.44. The zero-order chi connectivity index (χ0) is 17.4. The molecule has 2 aromatic carbocycles. The van der Waals surface area contributed by atoms with Crippen molar-refractivity contribution in [3.63, 3.8) is 0 Å². The quantitative estimate of drug-likeness (QED) is 0.476. The number of hydrazone groups is 1. The monoisotopic (exact) mass is 343 g/mol. The molecule has 5 nitrogen and oxygen atoms in total. The topological polar surface area (TPSA) is 54.9 Å².